The maximum atomic E-state index is 2.37. The van der Waals surface area contributed by atoms with Gasteiger partial charge in [-0.05, 0) is 17.8 Å². The second-order valence-corrected chi connectivity index (χ2v) is 7.60. The van der Waals surface area contributed by atoms with Crippen molar-refractivity contribution < 1.29 is 51.0 Å². The van der Waals surface area contributed by atoms with Gasteiger partial charge in [0.25, 0.3) is 0 Å². The van der Waals surface area contributed by atoms with Gasteiger partial charge in [0.15, 0.2) is 0 Å². The van der Waals surface area contributed by atoms with Gasteiger partial charge in [0.1, 0.15) is 0 Å². The van der Waals surface area contributed by atoms with Crippen LogP contribution in [-0.4, -0.2) is 4.57 Å². The summed E-state index contributed by atoms with van der Waals surface area (Å²) in [6.07, 6.45) is 0. The monoisotopic (exact) mass is 533 g/mol. The molecule has 6 rings (SSSR count). The van der Waals surface area contributed by atoms with Crippen molar-refractivity contribution in [3.8, 4) is 5.69 Å². The van der Waals surface area contributed by atoms with Crippen LogP contribution in [0.3, 0.4) is 0 Å². The van der Waals surface area contributed by atoms with Crippen LogP contribution in [-0.2, 0) is 26.2 Å². The van der Waals surface area contributed by atoms with Crippen LogP contribution in [0.25, 0.3) is 38.3 Å². The average molecular weight is 536 g/mol. The van der Waals surface area contributed by atoms with Crippen molar-refractivity contribution in [2.24, 2.45) is 0 Å². The molecule has 0 aliphatic heterocycles. The summed E-state index contributed by atoms with van der Waals surface area (Å²) < 4.78 is 2.37. The number of para-hydroxylation sites is 2. The first-order valence-electron chi connectivity index (χ1n) is 10.1. The molecule has 32 heavy (non-hydrogen) atoms. The Kier molecular flexibility index (Phi) is 9.11. The topological polar surface area (TPSA) is 4.93 Å². The molecule has 0 radical (unpaired) electrons. The molecule has 1 heterocycles. The second kappa shape index (κ2) is 11.1. The Morgan fingerprint density at radius 1 is 0.719 bits per heavy atom. The number of aryl methyl sites for hydroxylation is 2. The van der Waals surface area contributed by atoms with Gasteiger partial charge in [-0.1, -0.05) is 56.3 Å². The van der Waals surface area contributed by atoms with Gasteiger partial charge >= 0.3 is 26.2 Å². The molecule has 5 aromatic carbocycles. The van der Waals surface area contributed by atoms with Gasteiger partial charge in [-0.2, -0.15) is 17.2 Å². The Labute approximate surface area is 220 Å². The van der Waals surface area contributed by atoms with Crippen LogP contribution >= 0.6 is 0 Å². The molecule has 0 saturated heterocycles. The molecule has 0 unspecified atom stereocenters. The van der Waals surface area contributed by atoms with Crippen LogP contribution in [0.2, 0.25) is 0 Å². The molecule has 0 N–H and O–H groups in total. The minimum Gasteiger partial charge on any atom is -1.00 e. The van der Waals surface area contributed by atoms with E-state index in [-0.39, 0.29) is 51.0 Å². The van der Waals surface area contributed by atoms with Gasteiger partial charge in [-0.15, -0.1) is 41.1 Å². The standard InChI is InChI=1S/C21H14N.C7H9.2ClH.Zr/c1-2-8-16-14-17(13-15(16)7-1)22-20-11-5-3-9-18(20)19-10-4-6-12-21(19)22;1-6-4-3-5-7(6)2;;;/h1-14H;3-5H,1-2H3;2*1H;/q2*-1;;;+4/p-2. The normalized spacial score (nSPS) is 10.1. The van der Waals surface area contributed by atoms with Gasteiger partial charge in [-0.3, -0.25) is 0 Å². The summed E-state index contributed by atoms with van der Waals surface area (Å²) in [6.45, 7) is 4.24. The molecular formula is C28H23Cl2NZr. The van der Waals surface area contributed by atoms with Crippen LogP contribution in [0, 0.1) is 13.8 Å². The van der Waals surface area contributed by atoms with Crippen molar-refractivity contribution >= 4 is 32.6 Å². The number of nitrogens with zero attached hydrogens (tertiary/aromatic N) is 1. The first-order valence-corrected chi connectivity index (χ1v) is 10.1. The summed E-state index contributed by atoms with van der Waals surface area (Å²) in [6, 6.07) is 36.7. The van der Waals surface area contributed by atoms with E-state index < -0.39 is 0 Å². The number of aromatic nitrogens is 1. The zero-order valence-corrected chi connectivity index (χ0v) is 22.0. The fourth-order valence-corrected chi connectivity index (χ4v) is 4.06. The third kappa shape index (κ3) is 4.79. The van der Waals surface area contributed by atoms with Crippen molar-refractivity contribution in [3.63, 3.8) is 0 Å². The van der Waals surface area contributed by atoms with Gasteiger partial charge in [0, 0.05) is 10.8 Å². The van der Waals surface area contributed by atoms with Crippen LogP contribution in [0.4, 0.5) is 0 Å². The van der Waals surface area contributed by atoms with Crippen LogP contribution in [0.1, 0.15) is 11.1 Å². The number of halogens is 2. The predicted octanol–water partition coefficient (Wildman–Crippen LogP) is 1.68. The van der Waals surface area contributed by atoms with Gasteiger partial charge < -0.3 is 29.4 Å². The van der Waals surface area contributed by atoms with Crippen molar-refractivity contribution in [1.29, 1.82) is 0 Å². The van der Waals surface area contributed by atoms with E-state index in [1.165, 1.54) is 49.4 Å². The summed E-state index contributed by atoms with van der Waals surface area (Å²) in [4.78, 5) is 0. The van der Waals surface area contributed by atoms with E-state index in [2.05, 4.69) is 122 Å². The molecule has 158 valence electrons. The molecule has 4 heteroatoms. The second-order valence-electron chi connectivity index (χ2n) is 7.60. The molecule has 0 amide bonds. The first kappa shape index (κ1) is 26.1. The molecule has 6 aromatic rings. The maximum absolute atomic E-state index is 2.37. The summed E-state index contributed by atoms with van der Waals surface area (Å²) >= 11 is 0. The quantitative estimate of drug-likeness (QED) is 0.283. The van der Waals surface area contributed by atoms with E-state index in [1.54, 1.807) is 0 Å². The molecule has 0 fully saturated rings. The average Bonchev–Trinajstić information content (AvgIpc) is 3.43. The number of hydrogen-bond acceptors (Lipinski definition) is 0. The number of hydrogen-bond donors (Lipinski definition) is 0. The van der Waals surface area contributed by atoms with Crippen molar-refractivity contribution in [1.82, 2.24) is 4.57 Å². The van der Waals surface area contributed by atoms with Crippen LogP contribution in [0.5, 0.6) is 0 Å². The summed E-state index contributed by atoms with van der Waals surface area (Å²) in [5.74, 6) is 0. The molecule has 0 atom stereocenters. The maximum Gasteiger partial charge on any atom is 4.00 e. The zero-order chi connectivity index (χ0) is 19.8. The van der Waals surface area contributed by atoms with E-state index in [9.17, 15) is 0 Å². The van der Waals surface area contributed by atoms with E-state index in [1.807, 2.05) is 0 Å². The predicted molar refractivity (Wildman–Crippen MR) is 125 cm³/mol. The molecule has 0 bridgehead atoms. The summed E-state index contributed by atoms with van der Waals surface area (Å²) in [5, 5.41) is 5.20. The number of fused-ring (bicyclic) bond motifs is 4. The Balaban J connectivity index is 0.000000317. The first-order chi connectivity index (χ1) is 14.2. The smallest absolute Gasteiger partial charge is 1.00 e. The van der Waals surface area contributed by atoms with E-state index in [0.29, 0.717) is 0 Å². The van der Waals surface area contributed by atoms with Crippen LogP contribution < -0.4 is 24.8 Å². The largest absolute Gasteiger partial charge is 4.00 e. The van der Waals surface area contributed by atoms with Crippen molar-refractivity contribution in [3.05, 3.63) is 114 Å². The fraction of sp³-hybridized carbons (Fsp3) is 0.0714. The minimum atomic E-state index is 0. The fourth-order valence-electron chi connectivity index (χ4n) is 4.06. The summed E-state index contributed by atoms with van der Waals surface area (Å²) in [7, 11) is 0. The van der Waals surface area contributed by atoms with E-state index in [0.717, 1.165) is 0 Å². The molecule has 0 aliphatic rings. The van der Waals surface area contributed by atoms with E-state index >= 15 is 0 Å². The Morgan fingerprint density at radius 2 is 1.28 bits per heavy atom. The third-order valence-corrected chi connectivity index (χ3v) is 5.76. The van der Waals surface area contributed by atoms with Crippen molar-refractivity contribution in [2.75, 3.05) is 0 Å². The molecule has 0 spiro atoms. The van der Waals surface area contributed by atoms with Gasteiger partial charge in [-0.25, -0.2) is 12.1 Å². The molecule has 0 aliphatic carbocycles. The molecule has 1 nitrogen and oxygen atoms in total. The number of benzene rings is 3. The van der Waals surface area contributed by atoms with E-state index in [4.69, 9.17) is 0 Å². The van der Waals surface area contributed by atoms with Gasteiger partial charge in [0.05, 0.1) is 11.0 Å². The van der Waals surface area contributed by atoms with Crippen LogP contribution in [0.15, 0.2) is 103 Å². The molecular weight excluding hydrogens is 512 g/mol. The minimum absolute atomic E-state index is 0. The third-order valence-electron chi connectivity index (χ3n) is 5.76. The Morgan fingerprint density at radius 3 is 1.78 bits per heavy atom. The molecule has 0 saturated carbocycles. The SMILES string of the molecule is Cc1ccc[c-]1C.[Cl-].[Cl-].[Zr+4].c1ccc2[cH-]c(-n3c4ccccc4c4ccccc43)cc2c1. The summed E-state index contributed by atoms with van der Waals surface area (Å²) in [5.41, 5.74) is 6.54. The zero-order valence-electron chi connectivity index (χ0n) is 18.0. The number of rotatable bonds is 1. The molecule has 1 aromatic heterocycles. The van der Waals surface area contributed by atoms with Crippen molar-refractivity contribution in [2.45, 2.75) is 13.8 Å². The Hall–Kier alpha value is -2.12. The van der Waals surface area contributed by atoms with Gasteiger partial charge in [0.2, 0.25) is 0 Å². The Bertz CT molecular complexity index is 1340.